The third-order valence-electron chi connectivity index (χ3n) is 4.13. The highest BCUT2D eigenvalue weighted by Crippen LogP contribution is 2.21. The van der Waals surface area contributed by atoms with Crippen molar-refractivity contribution < 1.29 is 14.3 Å². The van der Waals surface area contributed by atoms with Crippen LogP contribution in [0.2, 0.25) is 0 Å². The van der Waals surface area contributed by atoms with Crippen LogP contribution in [-0.2, 0) is 16.6 Å². The first kappa shape index (κ1) is 17.7. The molecule has 6 nitrogen and oxygen atoms in total. The molecular weight excluding hydrogens is 330 g/mol. The maximum atomic E-state index is 12.6. The van der Waals surface area contributed by atoms with Gasteiger partial charge in [-0.1, -0.05) is 11.6 Å². The first-order chi connectivity index (χ1) is 12.5. The zero-order valence-corrected chi connectivity index (χ0v) is 15.0. The van der Waals surface area contributed by atoms with E-state index in [1.54, 1.807) is 24.3 Å². The molecule has 2 amide bonds. The fourth-order valence-corrected chi connectivity index (χ4v) is 2.85. The summed E-state index contributed by atoms with van der Waals surface area (Å²) in [5, 5.41) is 6.63. The summed E-state index contributed by atoms with van der Waals surface area (Å²) in [6.45, 7) is 2.03. The van der Waals surface area contributed by atoms with Gasteiger partial charge in [-0.25, -0.2) is 0 Å². The zero-order chi connectivity index (χ0) is 18.7. The third kappa shape index (κ3) is 3.75. The summed E-state index contributed by atoms with van der Waals surface area (Å²) in [7, 11) is 3.34. The number of ether oxygens (including phenoxy) is 1. The zero-order valence-electron chi connectivity index (χ0n) is 15.0. The topological polar surface area (TPSA) is 72.4 Å². The lowest BCUT2D eigenvalue weighted by atomic mass is 10.2. The number of nitrogens with zero attached hydrogens (tertiary/aromatic N) is 1. The largest absolute Gasteiger partial charge is 0.375 e. The van der Waals surface area contributed by atoms with E-state index in [0.717, 1.165) is 16.5 Å². The summed E-state index contributed by atoms with van der Waals surface area (Å²) in [5.41, 5.74) is 4.05. The minimum absolute atomic E-state index is 0.000982. The van der Waals surface area contributed by atoms with Crippen LogP contribution in [0.5, 0.6) is 0 Å². The maximum absolute atomic E-state index is 12.6. The van der Waals surface area contributed by atoms with Crippen LogP contribution in [0.1, 0.15) is 16.1 Å². The molecule has 2 N–H and O–H groups in total. The van der Waals surface area contributed by atoms with Gasteiger partial charge in [-0.3, -0.25) is 9.59 Å². The molecule has 3 aromatic rings. The Kier molecular flexibility index (Phi) is 5.04. The number of carbonyl (C=O) groups is 2. The van der Waals surface area contributed by atoms with E-state index in [1.807, 2.05) is 36.7 Å². The highest BCUT2D eigenvalue weighted by atomic mass is 16.5. The van der Waals surface area contributed by atoms with Crippen LogP contribution in [0.4, 0.5) is 11.4 Å². The van der Waals surface area contributed by atoms with Gasteiger partial charge in [0.1, 0.15) is 12.3 Å². The number of hydrogen-bond acceptors (Lipinski definition) is 3. The summed E-state index contributed by atoms with van der Waals surface area (Å²) in [6, 6.07) is 14.9. The van der Waals surface area contributed by atoms with Gasteiger partial charge in [0.25, 0.3) is 5.91 Å². The van der Waals surface area contributed by atoms with Gasteiger partial charge in [-0.05, 0) is 49.4 Å². The van der Waals surface area contributed by atoms with Gasteiger partial charge < -0.3 is 19.9 Å². The van der Waals surface area contributed by atoms with Crippen LogP contribution in [0.3, 0.4) is 0 Å². The Morgan fingerprint density at radius 2 is 1.65 bits per heavy atom. The van der Waals surface area contributed by atoms with Crippen LogP contribution in [-0.4, -0.2) is 30.1 Å². The Labute approximate surface area is 151 Å². The maximum Gasteiger partial charge on any atom is 0.272 e. The lowest BCUT2D eigenvalue weighted by Gasteiger charge is -2.08. The van der Waals surface area contributed by atoms with E-state index in [0.29, 0.717) is 17.1 Å². The summed E-state index contributed by atoms with van der Waals surface area (Å²) >= 11 is 0. The molecule has 3 rings (SSSR count). The summed E-state index contributed by atoms with van der Waals surface area (Å²) in [6.07, 6.45) is 0. The van der Waals surface area contributed by atoms with Crippen molar-refractivity contribution >= 4 is 34.1 Å². The molecule has 0 saturated carbocycles. The number of amides is 2. The van der Waals surface area contributed by atoms with Crippen molar-refractivity contribution in [2.45, 2.75) is 6.92 Å². The average Bonchev–Trinajstić information content (AvgIpc) is 2.93. The second-order valence-corrected chi connectivity index (χ2v) is 6.16. The van der Waals surface area contributed by atoms with Gasteiger partial charge in [-0.15, -0.1) is 0 Å². The fourth-order valence-electron chi connectivity index (χ4n) is 2.85. The van der Waals surface area contributed by atoms with E-state index in [2.05, 4.69) is 16.7 Å². The molecule has 0 radical (unpaired) electrons. The lowest BCUT2D eigenvalue weighted by molar-refractivity contribution is -0.119. The molecule has 0 spiro atoms. The molecule has 0 bridgehead atoms. The van der Waals surface area contributed by atoms with Crippen LogP contribution in [0.25, 0.3) is 10.9 Å². The van der Waals surface area contributed by atoms with E-state index in [4.69, 9.17) is 4.74 Å². The smallest absolute Gasteiger partial charge is 0.272 e. The van der Waals surface area contributed by atoms with E-state index in [-0.39, 0.29) is 18.4 Å². The van der Waals surface area contributed by atoms with Crippen molar-refractivity contribution in [3.05, 3.63) is 59.8 Å². The highest BCUT2D eigenvalue weighted by molar-refractivity contribution is 6.06. The van der Waals surface area contributed by atoms with E-state index >= 15 is 0 Å². The van der Waals surface area contributed by atoms with Gasteiger partial charge in [0.05, 0.1) is 0 Å². The minimum Gasteiger partial charge on any atom is -0.375 e. The Balaban J connectivity index is 1.74. The van der Waals surface area contributed by atoms with Crippen molar-refractivity contribution in [2.24, 2.45) is 7.05 Å². The number of carbonyl (C=O) groups excluding carboxylic acids is 2. The van der Waals surface area contributed by atoms with Crippen LogP contribution < -0.4 is 10.6 Å². The first-order valence-electron chi connectivity index (χ1n) is 8.24. The molecule has 1 heterocycles. The molecule has 26 heavy (non-hydrogen) atoms. The van der Waals surface area contributed by atoms with Gasteiger partial charge in [0, 0.05) is 36.4 Å². The molecule has 0 aliphatic rings. The second kappa shape index (κ2) is 7.41. The number of rotatable bonds is 5. The summed E-state index contributed by atoms with van der Waals surface area (Å²) in [4.78, 5) is 24.1. The van der Waals surface area contributed by atoms with Crippen LogP contribution in [0.15, 0.2) is 48.5 Å². The average molecular weight is 351 g/mol. The number of aryl methyl sites for hydroxylation is 2. The number of fused-ring (bicyclic) bond motifs is 1. The van der Waals surface area contributed by atoms with Crippen molar-refractivity contribution in [1.82, 2.24) is 4.57 Å². The molecule has 134 valence electrons. The lowest BCUT2D eigenvalue weighted by Crippen LogP contribution is -2.17. The number of methoxy groups -OCH3 is 1. The SMILES string of the molecule is COCC(=O)Nc1ccc(NC(=O)c2cc3cc(C)ccc3n2C)cc1. The van der Waals surface area contributed by atoms with Gasteiger partial charge in [-0.2, -0.15) is 0 Å². The predicted molar refractivity (Wildman–Crippen MR) is 103 cm³/mol. The molecule has 0 aliphatic heterocycles. The Morgan fingerprint density at radius 1 is 1.00 bits per heavy atom. The van der Waals surface area contributed by atoms with Crippen molar-refractivity contribution in [2.75, 3.05) is 24.4 Å². The molecule has 0 fully saturated rings. The fraction of sp³-hybridized carbons (Fsp3) is 0.200. The number of benzene rings is 2. The van der Waals surface area contributed by atoms with E-state index in [1.165, 1.54) is 7.11 Å². The molecule has 2 aromatic carbocycles. The van der Waals surface area contributed by atoms with E-state index in [9.17, 15) is 9.59 Å². The Morgan fingerprint density at radius 3 is 2.31 bits per heavy atom. The Hall–Kier alpha value is -3.12. The number of aromatic nitrogens is 1. The normalized spacial score (nSPS) is 10.7. The minimum atomic E-state index is -0.227. The second-order valence-electron chi connectivity index (χ2n) is 6.16. The monoisotopic (exact) mass is 351 g/mol. The van der Waals surface area contributed by atoms with Gasteiger partial charge >= 0.3 is 0 Å². The van der Waals surface area contributed by atoms with Crippen molar-refractivity contribution in [3.63, 3.8) is 0 Å². The molecule has 6 heteroatoms. The van der Waals surface area contributed by atoms with Crippen molar-refractivity contribution in [1.29, 1.82) is 0 Å². The third-order valence-corrected chi connectivity index (χ3v) is 4.13. The Bertz CT molecular complexity index is 958. The molecule has 0 saturated heterocycles. The number of hydrogen-bond donors (Lipinski definition) is 2. The predicted octanol–water partition coefficient (Wildman–Crippen LogP) is 3.32. The highest BCUT2D eigenvalue weighted by Gasteiger charge is 2.13. The molecule has 0 unspecified atom stereocenters. The molecule has 0 aliphatic carbocycles. The summed E-state index contributed by atoms with van der Waals surface area (Å²) in [5.74, 6) is -0.410. The van der Waals surface area contributed by atoms with Gasteiger partial charge in [0.2, 0.25) is 5.91 Å². The standard InChI is InChI=1S/C20H21N3O3/c1-13-4-9-17-14(10-13)11-18(23(17)2)20(25)22-16-7-5-15(6-8-16)21-19(24)12-26-3/h4-11H,12H2,1-3H3,(H,21,24)(H,22,25). The van der Waals surface area contributed by atoms with Crippen molar-refractivity contribution in [3.8, 4) is 0 Å². The quantitative estimate of drug-likeness (QED) is 0.741. The molecule has 1 aromatic heterocycles. The first-order valence-corrected chi connectivity index (χ1v) is 8.24. The number of anilines is 2. The van der Waals surface area contributed by atoms with E-state index < -0.39 is 0 Å². The summed E-state index contributed by atoms with van der Waals surface area (Å²) < 4.78 is 6.65. The van der Waals surface area contributed by atoms with Crippen LogP contribution in [0, 0.1) is 6.92 Å². The molecular formula is C20H21N3O3. The van der Waals surface area contributed by atoms with Crippen LogP contribution >= 0.6 is 0 Å². The van der Waals surface area contributed by atoms with Gasteiger partial charge in [0.15, 0.2) is 0 Å². The molecule has 0 atom stereocenters. The number of nitrogens with one attached hydrogen (secondary N) is 2.